The van der Waals surface area contributed by atoms with E-state index in [0.717, 1.165) is 16.8 Å². The van der Waals surface area contributed by atoms with Gasteiger partial charge in [-0.1, -0.05) is 77.9 Å². The minimum absolute atomic E-state index is 0.0574. The average molecular weight is 661 g/mol. The number of carbonyl (C=O) groups excluding carboxylic acids is 1. The molecule has 5 rings (SSSR count). The SMILES string of the molecule is CC(C)(C)C(=O)c1ccc(-c2ccc(OC(F)(F)F)cc2)cn1.CC(C)(C)C1(c2ccc(-c3ccc(OC(F)(F)F)cc3)cn2)CO1. The number of rotatable bonds is 6. The summed E-state index contributed by atoms with van der Waals surface area (Å²) >= 11 is 0. The van der Waals surface area contributed by atoms with Gasteiger partial charge in [-0.05, 0) is 52.9 Å². The van der Waals surface area contributed by atoms with Gasteiger partial charge in [-0.25, -0.2) is 0 Å². The summed E-state index contributed by atoms with van der Waals surface area (Å²) in [6, 6.07) is 18.3. The van der Waals surface area contributed by atoms with Gasteiger partial charge < -0.3 is 14.2 Å². The summed E-state index contributed by atoms with van der Waals surface area (Å²) in [5, 5.41) is 0. The Hall–Kier alpha value is -4.45. The summed E-state index contributed by atoms with van der Waals surface area (Å²) in [6.07, 6.45) is -6.16. The second kappa shape index (κ2) is 13.0. The van der Waals surface area contributed by atoms with Crippen LogP contribution in [0.4, 0.5) is 26.3 Å². The molecule has 12 heteroatoms. The summed E-state index contributed by atoms with van der Waals surface area (Å²) in [4.78, 5) is 20.7. The Morgan fingerprint density at radius 2 is 1.04 bits per heavy atom. The third-order valence-electron chi connectivity index (χ3n) is 7.34. The molecule has 47 heavy (non-hydrogen) atoms. The van der Waals surface area contributed by atoms with Crippen molar-refractivity contribution in [1.29, 1.82) is 0 Å². The second-order valence-corrected chi connectivity index (χ2v) is 13.0. The van der Waals surface area contributed by atoms with Crippen LogP contribution in [0, 0.1) is 10.8 Å². The number of hydrogen-bond donors (Lipinski definition) is 0. The molecule has 2 aromatic heterocycles. The van der Waals surface area contributed by atoms with Gasteiger partial charge in [0, 0.05) is 28.9 Å². The fourth-order valence-corrected chi connectivity index (χ4v) is 4.62. The fourth-order valence-electron chi connectivity index (χ4n) is 4.62. The number of nitrogens with zero attached hydrogens (tertiary/aromatic N) is 2. The maximum atomic E-state index is 12.2. The zero-order valence-corrected chi connectivity index (χ0v) is 26.6. The largest absolute Gasteiger partial charge is 0.573 e. The summed E-state index contributed by atoms with van der Waals surface area (Å²) in [5.74, 6) is -0.597. The Bertz CT molecular complexity index is 1650. The van der Waals surface area contributed by atoms with Crippen molar-refractivity contribution in [2.45, 2.75) is 59.9 Å². The number of halogens is 6. The van der Waals surface area contributed by atoms with E-state index in [1.807, 2.05) is 32.9 Å². The number of alkyl halides is 6. The van der Waals surface area contributed by atoms with E-state index in [2.05, 4.69) is 40.2 Å². The van der Waals surface area contributed by atoms with Gasteiger partial charge in [-0.2, -0.15) is 0 Å². The van der Waals surface area contributed by atoms with Crippen molar-refractivity contribution in [2.24, 2.45) is 10.8 Å². The van der Waals surface area contributed by atoms with Gasteiger partial charge in [0.15, 0.2) is 5.78 Å². The summed E-state index contributed by atoms with van der Waals surface area (Å²) in [5.41, 5.74) is 3.27. The molecule has 6 nitrogen and oxygen atoms in total. The normalized spacial score (nSPS) is 16.5. The van der Waals surface area contributed by atoms with Crippen LogP contribution in [0.3, 0.4) is 0 Å². The van der Waals surface area contributed by atoms with Gasteiger partial charge in [0.05, 0.1) is 12.3 Å². The molecule has 0 spiro atoms. The van der Waals surface area contributed by atoms with Crippen molar-refractivity contribution < 1.29 is 45.3 Å². The summed E-state index contributed by atoms with van der Waals surface area (Å²) in [7, 11) is 0. The first kappa shape index (κ1) is 35.4. The zero-order chi connectivity index (χ0) is 34.8. The van der Waals surface area contributed by atoms with Crippen LogP contribution in [-0.2, 0) is 10.3 Å². The molecular weight excluding hydrogens is 626 g/mol. The van der Waals surface area contributed by atoms with Crippen molar-refractivity contribution in [3.8, 4) is 33.8 Å². The smallest absolute Gasteiger partial charge is 0.406 e. The molecule has 0 radical (unpaired) electrons. The Kier molecular flexibility index (Phi) is 9.78. The maximum absolute atomic E-state index is 12.2. The summed E-state index contributed by atoms with van der Waals surface area (Å²) in [6.45, 7) is 12.4. The topological polar surface area (TPSA) is 73.8 Å². The predicted molar refractivity (Wildman–Crippen MR) is 164 cm³/mol. The number of pyridine rings is 2. The summed E-state index contributed by atoms with van der Waals surface area (Å²) < 4.78 is 86.2. The van der Waals surface area contributed by atoms with Crippen molar-refractivity contribution in [2.75, 3.05) is 6.61 Å². The van der Waals surface area contributed by atoms with Crippen LogP contribution in [-0.4, -0.2) is 35.1 Å². The molecule has 1 saturated heterocycles. The Morgan fingerprint density at radius 3 is 1.34 bits per heavy atom. The van der Waals surface area contributed by atoms with Gasteiger partial charge in [0.25, 0.3) is 0 Å². The molecule has 1 aliphatic rings. The van der Waals surface area contributed by atoms with E-state index in [1.54, 1.807) is 30.5 Å². The number of ketones is 1. The molecule has 2 aromatic carbocycles. The Balaban J connectivity index is 0.000000213. The van der Waals surface area contributed by atoms with Gasteiger partial charge >= 0.3 is 12.7 Å². The van der Waals surface area contributed by atoms with Crippen molar-refractivity contribution in [3.05, 3.63) is 96.6 Å². The molecule has 0 saturated carbocycles. The first-order valence-electron chi connectivity index (χ1n) is 14.5. The molecule has 1 unspecified atom stereocenters. The van der Waals surface area contributed by atoms with Crippen LogP contribution in [0.5, 0.6) is 11.5 Å². The minimum atomic E-state index is -4.71. The van der Waals surface area contributed by atoms with E-state index in [4.69, 9.17) is 4.74 Å². The van der Waals surface area contributed by atoms with Crippen LogP contribution >= 0.6 is 0 Å². The predicted octanol–water partition coefficient (Wildman–Crippen LogP) is 9.79. The van der Waals surface area contributed by atoms with Crippen LogP contribution in [0.2, 0.25) is 0 Å². The third-order valence-corrected chi connectivity index (χ3v) is 7.34. The highest BCUT2D eigenvalue weighted by atomic mass is 19.4. The monoisotopic (exact) mass is 660 g/mol. The molecule has 0 aliphatic carbocycles. The minimum Gasteiger partial charge on any atom is -0.406 e. The number of aromatic nitrogens is 2. The fraction of sp³-hybridized carbons (Fsp3) is 0.343. The molecular formula is C35H34F6N2O4. The molecule has 250 valence electrons. The van der Waals surface area contributed by atoms with Crippen LogP contribution in [0.25, 0.3) is 22.3 Å². The van der Waals surface area contributed by atoms with E-state index in [-0.39, 0.29) is 28.3 Å². The number of carbonyl (C=O) groups is 1. The molecule has 1 aliphatic heterocycles. The lowest BCUT2D eigenvalue weighted by atomic mass is 9.78. The average Bonchev–Trinajstić information content (AvgIpc) is 3.79. The molecule has 4 aromatic rings. The molecule has 1 fully saturated rings. The van der Waals surface area contributed by atoms with Gasteiger partial charge in [-0.3, -0.25) is 14.8 Å². The van der Waals surface area contributed by atoms with Crippen molar-refractivity contribution in [1.82, 2.24) is 9.97 Å². The maximum Gasteiger partial charge on any atom is 0.573 e. The standard InChI is InChI=1S/C18H18F3NO2.C17H16F3NO2/c1-16(2,3)17(11-23-17)15-9-6-13(10-22-15)12-4-7-14(8-5-12)24-18(19,20)21;1-16(2,3)15(22)14-9-6-12(10-21-14)11-4-7-13(8-5-11)23-17(18,19)20/h4-10H,11H2,1-3H3;4-10H,1-3H3. The lowest BCUT2D eigenvalue weighted by Crippen LogP contribution is -2.28. The molecule has 1 atom stereocenters. The second-order valence-electron chi connectivity index (χ2n) is 13.0. The highest BCUT2D eigenvalue weighted by Gasteiger charge is 2.56. The lowest BCUT2D eigenvalue weighted by molar-refractivity contribution is -0.275. The zero-order valence-electron chi connectivity index (χ0n) is 26.6. The Morgan fingerprint density at radius 1 is 0.638 bits per heavy atom. The lowest BCUT2D eigenvalue weighted by Gasteiger charge is -2.26. The third kappa shape index (κ3) is 9.31. The number of ether oxygens (including phenoxy) is 3. The quantitative estimate of drug-likeness (QED) is 0.116. The Labute approximate surface area is 268 Å². The van der Waals surface area contributed by atoms with Gasteiger partial charge in [0.1, 0.15) is 22.8 Å². The number of hydrogen-bond acceptors (Lipinski definition) is 6. The highest BCUT2D eigenvalue weighted by molar-refractivity contribution is 5.98. The van der Waals surface area contributed by atoms with Gasteiger partial charge in [-0.15, -0.1) is 26.3 Å². The van der Waals surface area contributed by atoms with E-state index >= 15 is 0 Å². The highest BCUT2D eigenvalue weighted by Crippen LogP contribution is 2.51. The first-order valence-corrected chi connectivity index (χ1v) is 14.5. The van der Waals surface area contributed by atoms with Crippen molar-refractivity contribution in [3.63, 3.8) is 0 Å². The molecule has 3 heterocycles. The van der Waals surface area contributed by atoms with Gasteiger partial charge in [0.2, 0.25) is 0 Å². The van der Waals surface area contributed by atoms with Crippen LogP contribution in [0.15, 0.2) is 85.2 Å². The molecule has 0 N–H and O–H groups in total. The molecule has 0 bridgehead atoms. The number of epoxide rings is 1. The van der Waals surface area contributed by atoms with Crippen LogP contribution < -0.4 is 9.47 Å². The first-order chi connectivity index (χ1) is 21.7. The van der Waals surface area contributed by atoms with E-state index < -0.39 is 18.1 Å². The van der Waals surface area contributed by atoms with Crippen molar-refractivity contribution >= 4 is 5.78 Å². The van der Waals surface area contributed by atoms with E-state index in [0.29, 0.717) is 23.4 Å². The number of Topliss-reactive ketones (excluding diaryl/α,β-unsaturated/α-hetero) is 1. The van der Waals surface area contributed by atoms with Crippen LogP contribution in [0.1, 0.15) is 57.7 Å². The number of benzene rings is 2. The van der Waals surface area contributed by atoms with E-state index in [1.165, 1.54) is 42.6 Å². The van der Waals surface area contributed by atoms with E-state index in [9.17, 15) is 31.1 Å². The molecule has 0 amide bonds.